The number of hydrogen-bond donors (Lipinski definition) is 2. The van der Waals surface area contributed by atoms with Crippen LogP contribution in [0.3, 0.4) is 0 Å². The molecule has 1 aromatic rings. The van der Waals surface area contributed by atoms with E-state index in [0.29, 0.717) is 31.7 Å². The van der Waals surface area contributed by atoms with Gasteiger partial charge in [-0.2, -0.15) is 0 Å². The van der Waals surface area contributed by atoms with Crippen LogP contribution in [0.2, 0.25) is 0 Å². The summed E-state index contributed by atoms with van der Waals surface area (Å²) in [5.41, 5.74) is 0. The molecule has 7 nitrogen and oxygen atoms in total. The number of likely N-dealkylation sites (tertiary alicyclic amines) is 1. The summed E-state index contributed by atoms with van der Waals surface area (Å²) in [7, 11) is 0. The van der Waals surface area contributed by atoms with Crippen molar-refractivity contribution in [3.63, 3.8) is 0 Å². The summed E-state index contributed by atoms with van der Waals surface area (Å²) in [6, 6.07) is 8.50. The minimum atomic E-state index is -0.605. The fraction of sp³-hybridized carbons (Fsp3) is 0.625. The molecule has 1 unspecified atom stereocenters. The number of nitrogens with zero attached hydrogens (tertiary/aromatic N) is 1. The molecule has 0 saturated carbocycles. The van der Waals surface area contributed by atoms with Crippen LogP contribution in [0.1, 0.15) is 52.9 Å². The Morgan fingerprint density at radius 2 is 1.77 bits per heavy atom. The number of ether oxygens (including phenoxy) is 1. The Balaban J connectivity index is 1.79. The van der Waals surface area contributed by atoms with E-state index in [1.165, 1.54) is 0 Å². The zero-order valence-electron chi connectivity index (χ0n) is 19.1. The lowest BCUT2D eigenvalue weighted by Gasteiger charge is -2.35. The van der Waals surface area contributed by atoms with E-state index in [0.717, 1.165) is 25.8 Å². The van der Waals surface area contributed by atoms with E-state index < -0.39 is 6.04 Å². The van der Waals surface area contributed by atoms with Gasteiger partial charge in [-0.15, -0.1) is 0 Å². The first-order valence-electron chi connectivity index (χ1n) is 11.5. The molecular formula is C24H37N3O4. The van der Waals surface area contributed by atoms with Crippen molar-refractivity contribution in [2.45, 2.75) is 58.9 Å². The van der Waals surface area contributed by atoms with Crippen LogP contribution in [-0.2, 0) is 14.4 Å². The second-order valence-electron chi connectivity index (χ2n) is 8.49. The van der Waals surface area contributed by atoms with E-state index in [4.69, 9.17) is 4.74 Å². The Kier molecular flexibility index (Phi) is 10.3. The van der Waals surface area contributed by atoms with E-state index in [2.05, 4.69) is 17.6 Å². The summed E-state index contributed by atoms with van der Waals surface area (Å²) >= 11 is 0. The van der Waals surface area contributed by atoms with Crippen molar-refractivity contribution in [3.8, 4) is 5.75 Å². The highest BCUT2D eigenvalue weighted by molar-refractivity contribution is 5.88. The van der Waals surface area contributed by atoms with Gasteiger partial charge in [-0.25, -0.2) is 0 Å². The fourth-order valence-corrected chi connectivity index (χ4v) is 3.68. The molecule has 2 N–H and O–H groups in total. The lowest BCUT2D eigenvalue weighted by molar-refractivity contribution is -0.140. The SMILES string of the molecule is CCCCCNC(=O)C1CCN(C(=O)C(NC(=O)COc2ccccc2)C(C)C)CC1. The van der Waals surface area contributed by atoms with E-state index in [1.807, 2.05) is 32.0 Å². The van der Waals surface area contributed by atoms with E-state index in [9.17, 15) is 14.4 Å². The number of carbonyl (C=O) groups excluding carboxylic acids is 3. The Hall–Kier alpha value is -2.57. The largest absolute Gasteiger partial charge is 0.484 e. The zero-order chi connectivity index (χ0) is 22.6. The predicted molar refractivity (Wildman–Crippen MR) is 121 cm³/mol. The molecule has 1 aliphatic heterocycles. The molecule has 1 aliphatic rings. The molecule has 3 amide bonds. The Morgan fingerprint density at radius 1 is 1.10 bits per heavy atom. The van der Waals surface area contributed by atoms with Crippen LogP contribution in [0.25, 0.3) is 0 Å². The zero-order valence-corrected chi connectivity index (χ0v) is 19.1. The van der Waals surface area contributed by atoms with Gasteiger partial charge in [0.15, 0.2) is 6.61 Å². The highest BCUT2D eigenvalue weighted by atomic mass is 16.5. The third kappa shape index (κ3) is 8.23. The number of amides is 3. The van der Waals surface area contributed by atoms with Crippen LogP contribution in [0.4, 0.5) is 0 Å². The second kappa shape index (κ2) is 13.0. The van der Waals surface area contributed by atoms with Crippen molar-refractivity contribution in [1.82, 2.24) is 15.5 Å². The van der Waals surface area contributed by atoms with Gasteiger partial charge >= 0.3 is 0 Å². The van der Waals surface area contributed by atoms with Crippen LogP contribution < -0.4 is 15.4 Å². The average molecular weight is 432 g/mol. The van der Waals surface area contributed by atoms with Gasteiger partial charge in [0.1, 0.15) is 11.8 Å². The van der Waals surface area contributed by atoms with Crippen molar-refractivity contribution in [3.05, 3.63) is 30.3 Å². The first kappa shape index (κ1) is 24.7. The van der Waals surface area contributed by atoms with Gasteiger partial charge in [-0.05, 0) is 37.3 Å². The smallest absolute Gasteiger partial charge is 0.258 e. The molecule has 0 radical (unpaired) electrons. The summed E-state index contributed by atoms with van der Waals surface area (Å²) in [5, 5.41) is 5.84. The van der Waals surface area contributed by atoms with Gasteiger partial charge in [-0.1, -0.05) is 51.8 Å². The van der Waals surface area contributed by atoms with Crippen LogP contribution in [0.15, 0.2) is 30.3 Å². The third-order valence-corrected chi connectivity index (χ3v) is 5.62. The highest BCUT2D eigenvalue weighted by Gasteiger charge is 2.32. The van der Waals surface area contributed by atoms with Gasteiger partial charge < -0.3 is 20.3 Å². The van der Waals surface area contributed by atoms with Crippen LogP contribution in [0.5, 0.6) is 5.75 Å². The van der Waals surface area contributed by atoms with Crippen molar-refractivity contribution in [2.75, 3.05) is 26.2 Å². The summed E-state index contributed by atoms with van der Waals surface area (Å²) in [4.78, 5) is 39.5. The molecule has 1 saturated heterocycles. The van der Waals surface area contributed by atoms with E-state index in [1.54, 1.807) is 17.0 Å². The topological polar surface area (TPSA) is 87.7 Å². The van der Waals surface area contributed by atoms with Crippen molar-refractivity contribution < 1.29 is 19.1 Å². The molecule has 1 fully saturated rings. The first-order valence-corrected chi connectivity index (χ1v) is 11.5. The lowest BCUT2D eigenvalue weighted by Crippen LogP contribution is -2.54. The predicted octanol–water partition coefficient (Wildman–Crippen LogP) is 2.75. The average Bonchev–Trinajstić information content (AvgIpc) is 2.79. The number of benzene rings is 1. The molecule has 7 heteroatoms. The molecule has 31 heavy (non-hydrogen) atoms. The molecule has 0 aromatic heterocycles. The summed E-state index contributed by atoms with van der Waals surface area (Å²) < 4.78 is 5.48. The number of nitrogens with one attached hydrogen (secondary N) is 2. The van der Waals surface area contributed by atoms with Crippen LogP contribution >= 0.6 is 0 Å². The van der Waals surface area contributed by atoms with Gasteiger partial charge in [-0.3, -0.25) is 14.4 Å². The van der Waals surface area contributed by atoms with Crippen LogP contribution in [0, 0.1) is 11.8 Å². The molecule has 0 aliphatic carbocycles. The summed E-state index contributed by atoms with van der Waals surface area (Å²) in [6.45, 7) is 7.61. The Bertz CT molecular complexity index is 700. The van der Waals surface area contributed by atoms with Crippen molar-refractivity contribution in [1.29, 1.82) is 0 Å². The van der Waals surface area contributed by atoms with Crippen molar-refractivity contribution in [2.24, 2.45) is 11.8 Å². The monoisotopic (exact) mass is 431 g/mol. The third-order valence-electron chi connectivity index (χ3n) is 5.62. The Morgan fingerprint density at radius 3 is 2.39 bits per heavy atom. The fourth-order valence-electron chi connectivity index (χ4n) is 3.68. The summed E-state index contributed by atoms with van der Waals surface area (Å²) in [6.07, 6.45) is 4.56. The highest BCUT2D eigenvalue weighted by Crippen LogP contribution is 2.19. The van der Waals surface area contributed by atoms with Crippen molar-refractivity contribution >= 4 is 17.7 Å². The maximum Gasteiger partial charge on any atom is 0.258 e. The molecule has 1 heterocycles. The number of hydrogen-bond acceptors (Lipinski definition) is 4. The molecule has 0 spiro atoms. The lowest BCUT2D eigenvalue weighted by atomic mass is 9.94. The summed E-state index contributed by atoms with van der Waals surface area (Å²) in [5.74, 6) is 0.196. The molecule has 1 aromatic carbocycles. The first-order chi connectivity index (χ1) is 14.9. The number of para-hydroxylation sites is 1. The van der Waals surface area contributed by atoms with Gasteiger partial charge in [0.25, 0.3) is 5.91 Å². The molecule has 1 atom stereocenters. The minimum Gasteiger partial charge on any atom is -0.484 e. The number of piperidine rings is 1. The van der Waals surface area contributed by atoms with E-state index in [-0.39, 0.29) is 36.2 Å². The maximum atomic E-state index is 13.0. The number of rotatable bonds is 11. The quantitative estimate of drug-likeness (QED) is 0.528. The Labute approximate surface area is 185 Å². The molecule has 0 bridgehead atoms. The van der Waals surface area contributed by atoms with E-state index >= 15 is 0 Å². The molecule has 2 rings (SSSR count). The molecule has 172 valence electrons. The van der Waals surface area contributed by atoms with Crippen LogP contribution in [-0.4, -0.2) is 54.9 Å². The minimum absolute atomic E-state index is 0.0444. The maximum absolute atomic E-state index is 13.0. The second-order valence-corrected chi connectivity index (χ2v) is 8.49. The number of unbranched alkanes of at least 4 members (excludes halogenated alkanes) is 2. The van der Waals surface area contributed by atoms with Gasteiger partial charge in [0, 0.05) is 25.6 Å². The molecular weight excluding hydrogens is 394 g/mol. The van der Waals surface area contributed by atoms with Gasteiger partial charge in [0.05, 0.1) is 0 Å². The number of carbonyl (C=O) groups is 3. The van der Waals surface area contributed by atoms with Gasteiger partial charge in [0.2, 0.25) is 11.8 Å². The normalized spacial score (nSPS) is 15.4. The standard InChI is InChI=1S/C24H37N3O4/c1-4-5-9-14-25-23(29)19-12-15-27(16-13-19)24(30)22(18(2)3)26-21(28)17-31-20-10-7-6-8-11-20/h6-8,10-11,18-19,22H,4-5,9,12-17H2,1-3H3,(H,25,29)(H,26,28).